The van der Waals surface area contributed by atoms with Crippen LogP contribution in [0.5, 0.6) is 0 Å². The van der Waals surface area contributed by atoms with Crippen molar-refractivity contribution in [3.8, 4) is 0 Å². The maximum Gasteiger partial charge on any atom is 0.330 e. The van der Waals surface area contributed by atoms with Gasteiger partial charge in [-0.1, -0.05) is 0 Å². The van der Waals surface area contributed by atoms with Gasteiger partial charge in [-0.3, -0.25) is 19.0 Å². The minimum atomic E-state index is -1.15. The predicted molar refractivity (Wildman–Crippen MR) is 83.8 cm³/mol. The molecule has 0 amide bonds. The summed E-state index contributed by atoms with van der Waals surface area (Å²) in [5.74, 6) is -2.54. The molecule has 0 N–H and O–H groups in total. The molecule has 9 heteroatoms. The Morgan fingerprint density at radius 2 is 1.83 bits per heavy atom. The van der Waals surface area contributed by atoms with E-state index in [9.17, 15) is 19.2 Å². The van der Waals surface area contributed by atoms with E-state index in [0.29, 0.717) is 0 Å². The van der Waals surface area contributed by atoms with Crippen LogP contribution in [0, 0.1) is 0 Å². The number of nitrogens with zero attached hydrogens (tertiary/aromatic N) is 2. The van der Waals surface area contributed by atoms with Crippen molar-refractivity contribution in [2.75, 3.05) is 26.9 Å². The van der Waals surface area contributed by atoms with Crippen molar-refractivity contribution < 1.29 is 23.8 Å². The molecule has 9 nitrogen and oxygen atoms in total. The van der Waals surface area contributed by atoms with Crippen molar-refractivity contribution in [1.29, 1.82) is 0 Å². The lowest BCUT2D eigenvalue weighted by molar-refractivity contribution is -0.152. The molecule has 1 aromatic heterocycles. The zero-order chi connectivity index (χ0) is 18.3. The highest BCUT2D eigenvalue weighted by atomic mass is 16.6. The van der Waals surface area contributed by atoms with Crippen molar-refractivity contribution >= 4 is 11.9 Å². The monoisotopic (exact) mass is 342 g/mol. The lowest BCUT2D eigenvalue weighted by atomic mass is 9.98. The first kappa shape index (κ1) is 19.6. The number of rotatable bonds is 8. The molecule has 1 rings (SSSR count). The largest absolute Gasteiger partial charge is 0.466 e. The smallest absolute Gasteiger partial charge is 0.330 e. The second kappa shape index (κ2) is 9.02. The molecule has 1 heterocycles. The molecule has 134 valence electrons. The molecular weight excluding hydrogens is 320 g/mol. The Bertz CT molecular complexity index is 705. The molecule has 0 aliphatic heterocycles. The zero-order valence-corrected chi connectivity index (χ0v) is 14.2. The summed E-state index contributed by atoms with van der Waals surface area (Å²) in [6.07, 6.45) is 0.880. The summed E-state index contributed by atoms with van der Waals surface area (Å²) in [6, 6.07) is 0. The molecule has 0 saturated heterocycles. The number of carbonyl (C=O) groups is 2. The SMILES string of the molecule is CCOC(=O)[C@@H](CC(=O)OCCOC)c1cn(C)c(=O)n(C)c1=O. The van der Waals surface area contributed by atoms with E-state index in [-0.39, 0.29) is 31.8 Å². The van der Waals surface area contributed by atoms with Crippen LogP contribution < -0.4 is 11.2 Å². The standard InChI is InChI=1S/C15H22N2O7/c1-5-23-14(20)10(8-12(18)24-7-6-22-4)11-9-16(2)15(21)17(3)13(11)19/h9-10H,5-8H2,1-4H3/t10-/m0/s1. The fraction of sp³-hybridized carbons (Fsp3) is 0.600. The third-order valence-corrected chi connectivity index (χ3v) is 3.34. The van der Waals surface area contributed by atoms with Crippen LogP contribution in [-0.2, 0) is 37.9 Å². The summed E-state index contributed by atoms with van der Waals surface area (Å²) in [4.78, 5) is 48.1. The van der Waals surface area contributed by atoms with Gasteiger partial charge in [-0.05, 0) is 6.92 Å². The number of hydrogen-bond donors (Lipinski definition) is 0. The van der Waals surface area contributed by atoms with Crippen LogP contribution >= 0.6 is 0 Å². The Morgan fingerprint density at radius 1 is 1.17 bits per heavy atom. The van der Waals surface area contributed by atoms with E-state index in [1.165, 1.54) is 32.0 Å². The lowest BCUT2D eigenvalue weighted by Gasteiger charge is -2.16. The normalized spacial score (nSPS) is 11.8. The molecule has 0 fully saturated rings. The van der Waals surface area contributed by atoms with Gasteiger partial charge in [0.15, 0.2) is 0 Å². The van der Waals surface area contributed by atoms with Gasteiger partial charge in [-0.15, -0.1) is 0 Å². The molecule has 0 spiro atoms. The number of carbonyl (C=O) groups excluding carboxylic acids is 2. The van der Waals surface area contributed by atoms with E-state index in [0.717, 1.165) is 4.57 Å². The van der Waals surface area contributed by atoms with Crippen LogP contribution in [0.3, 0.4) is 0 Å². The number of hydrogen-bond acceptors (Lipinski definition) is 7. The van der Waals surface area contributed by atoms with Gasteiger partial charge in [-0.2, -0.15) is 0 Å². The third-order valence-electron chi connectivity index (χ3n) is 3.34. The number of esters is 2. The van der Waals surface area contributed by atoms with E-state index < -0.39 is 29.1 Å². The van der Waals surface area contributed by atoms with Crippen LogP contribution in [0.2, 0.25) is 0 Å². The highest BCUT2D eigenvalue weighted by Gasteiger charge is 2.29. The van der Waals surface area contributed by atoms with Gasteiger partial charge < -0.3 is 18.8 Å². The van der Waals surface area contributed by atoms with Crippen LogP contribution in [0.15, 0.2) is 15.8 Å². The first-order chi connectivity index (χ1) is 11.3. The van der Waals surface area contributed by atoms with E-state index >= 15 is 0 Å². The number of aromatic nitrogens is 2. The van der Waals surface area contributed by atoms with Gasteiger partial charge in [0.25, 0.3) is 5.56 Å². The van der Waals surface area contributed by atoms with Crippen molar-refractivity contribution in [2.45, 2.75) is 19.3 Å². The number of ether oxygens (including phenoxy) is 3. The second-order valence-corrected chi connectivity index (χ2v) is 5.06. The summed E-state index contributed by atoms with van der Waals surface area (Å²) in [5, 5.41) is 0. The first-order valence-corrected chi connectivity index (χ1v) is 7.41. The molecule has 0 radical (unpaired) electrons. The molecule has 0 aliphatic rings. The Kier molecular flexibility index (Phi) is 7.37. The number of aryl methyl sites for hydroxylation is 1. The van der Waals surface area contributed by atoms with Crippen molar-refractivity contribution in [3.05, 3.63) is 32.6 Å². The highest BCUT2D eigenvalue weighted by Crippen LogP contribution is 2.18. The Balaban J connectivity index is 3.16. The van der Waals surface area contributed by atoms with E-state index in [1.54, 1.807) is 6.92 Å². The maximum atomic E-state index is 12.3. The highest BCUT2D eigenvalue weighted by molar-refractivity contribution is 5.84. The van der Waals surface area contributed by atoms with Crippen LogP contribution in [0.1, 0.15) is 24.8 Å². The molecule has 1 aromatic rings. The minimum absolute atomic E-state index is 0.00161. The zero-order valence-electron chi connectivity index (χ0n) is 14.2. The average Bonchev–Trinajstić information content (AvgIpc) is 2.54. The molecule has 0 aliphatic carbocycles. The topological polar surface area (TPSA) is 106 Å². The Morgan fingerprint density at radius 3 is 2.42 bits per heavy atom. The molecule has 24 heavy (non-hydrogen) atoms. The van der Waals surface area contributed by atoms with Gasteiger partial charge in [0, 0.05) is 33.0 Å². The molecule has 0 saturated carbocycles. The van der Waals surface area contributed by atoms with Crippen molar-refractivity contribution in [2.24, 2.45) is 14.1 Å². The average molecular weight is 342 g/mol. The fourth-order valence-corrected chi connectivity index (χ4v) is 2.10. The summed E-state index contributed by atoms with van der Waals surface area (Å²) in [7, 11) is 4.21. The minimum Gasteiger partial charge on any atom is -0.466 e. The molecule has 1 atom stereocenters. The number of methoxy groups -OCH3 is 1. The molecule has 0 aromatic carbocycles. The fourth-order valence-electron chi connectivity index (χ4n) is 2.10. The summed E-state index contributed by atoms with van der Waals surface area (Å²) in [6.45, 7) is 1.97. The predicted octanol–water partition coefficient (Wildman–Crippen LogP) is -0.690. The van der Waals surface area contributed by atoms with Crippen molar-refractivity contribution in [1.82, 2.24) is 9.13 Å². The van der Waals surface area contributed by atoms with Crippen LogP contribution in [-0.4, -0.2) is 48.0 Å². The molecule has 0 bridgehead atoms. The van der Waals surface area contributed by atoms with Gasteiger partial charge in [0.1, 0.15) is 6.61 Å². The van der Waals surface area contributed by atoms with E-state index in [1.807, 2.05) is 0 Å². The second-order valence-electron chi connectivity index (χ2n) is 5.06. The lowest BCUT2D eigenvalue weighted by Crippen LogP contribution is -2.40. The van der Waals surface area contributed by atoms with Crippen LogP contribution in [0.25, 0.3) is 0 Å². The Hall–Kier alpha value is -2.42. The quantitative estimate of drug-likeness (QED) is 0.455. The summed E-state index contributed by atoms with van der Waals surface area (Å²) in [5.41, 5.74) is -1.18. The summed E-state index contributed by atoms with van der Waals surface area (Å²) >= 11 is 0. The van der Waals surface area contributed by atoms with Gasteiger partial charge in [-0.25, -0.2) is 4.79 Å². The Labute approximate surface area is 138 Å². The maximum absolute atomic E-state index is 12.3. The van der Waals surface area contributed by atoms with Gasteiger partial charge >= 0.3 is 17.6 Å². The van der Waals surface area contributed by atoms with E-state index in [4.69, 9.17) is 14.2 Å². The first-order valence-electron chi connectivity index (χ1n) is 7.41. The van der Waals surface area contributed by atoms with E-state index in [2.05, 4.69) is 0 Å². The molecule has 0 unspecified atom stereocenters. The van der Waals surface area contributed by atoms with Crippen molar-refractivity contribution in [3.63, 3.8) is 0 Å². The van der Waals surface area contributed by atoms with Crippen LogP contribution in [0.4, 0.5) is 0 Å². The van der Waals surface area contributed by atoms with Gasteiger partial charge in [0.2, 0.25) is 0 Å². The molecular formula is C15H22N2O7. The van der Waals surface area contributed by atoms with Gasteiger partial charge in [0.05, 0.1) is 25.6 Å². The summed E-state index contributed by atoms with van der Waals surface area (Å²) < 4.78 is 16.7. The third kappa shape index (κ3) is 4.79.